The summed E-state index contributed by atoms with van der Waals surface area (Å²) in [6.45, 7) is 0.442. The molecule has 1 aliphatic heterocycles. The normalized spacial score (nSPS) is 15.9. The van der Waals surface area contributed by atoms with E-state index in [1.165, 1.54) is 17.8 Å². The zero-order valence-electron chi connectivity index (χ0n) is 24.1. The number of nitrogens with zero attached hydrogens (tertiary/aromatic N) is 1. The van der Waals surface area contributed by atoms with Gasteiger partial charge in [-0.25, -0.2) is 0 Å². The molecule has 6 rings (SSSR count). The first-order valence-electron chi connectivity index (χ1n) is 14.4. The third-order valence-corrected chi connectivity index (χ3v) is 9.46. The maximum Gasteiger partial charge on any atom is 0.250 e. The molecule has 1 aromatic heterocycles. The fourth-order valence-electron chi connectivity index (χ4n) is 5.36. The number of rotatable bonds is 8. The predicted molar refractivity (Wildman–Crippen MR) is 180 cm³/mol. The molecule has 9 heteroatoms. The Morgan fingerprint density at radius 1 is 0.911 bits per heavy atom. The second kappa shape index (κ2) is 13.3. The molecule has 4 N–H and O–H groups in total. The summed E-state index contributed by atoms with van der Waals surface area (Å²) in [5, 5.41) is 3.05. The Bertz CT molecular complexity index is 1950. The quantitative estimate of drug-likeness (QED) is 0.177. The molecule has 0 unspecified atom stereocenters. The van der Waals surface area contributed by atoms with Crippen LogP contribution < -0.4 is 16.0 Å². The molecule has 1 aliphatic rings. The monoisotopic (exact) mass is 632 g/mol. The van der Waals surface area contributed by atoms with Crippen molar-refractivity contribution in [2.24, 2.45) is 5.73 Å². The van der Waals surface area contributed by atoms with Crippen LogP contribution in [0.2, 0.25) is 5.02 Å². The molecule has 4 aromatic carbocycles. The van der Waals surface area contributed by atoms with Crippen LogP contribution in [0.4, 0.5) is 5.69 Å². The van der Waals surface area contributed by atoms with E-state index < -0.39 is 16.5 Å². The Hall–Kier alpha value is -4.97. The summed E-state index contributed by atoms with van der Waals surface area (Å²) in [6, 6.07) is 30.2. The lowest BCUT2D eigenvalue weighted by atomic mass is 10.1. The molecule has 0 saturated carbocycles. The van der Waals surface area contributed by atoms with Crippen molar-refractivity contribution in [3.8, 4) is 11.8 Å². The van der Waals surface area contributed by atoms with Gasteiger partial charge in [-0.3, -0.25) is 19.3 Å². The maximum absolute atomic E-state index is 13.9. The van der Waals surface area contributed by atoms with E-state index in [2.05, 4.69) is 22.1 Å². The topological polar surface area (TPSA) is 108 Å². The summed E-state index contributed by atoms with van der Waals surface area (Å²) in [6.07, 6.45) is 2.61. The summed E-state index contributed by atoms with van der Waals surface area (Å²) in [7, 11) is 0. The van der Waals surface area contributed by atoms with E-state index in [1.54, 1.807) is 17.0 Å². The van der Waals surface area contributed by atoms with Crippen molar-refractivity contribution >= 4 is 57.7 Å². The molecule has 0 spiro atoms. The van der Waals surface area contributed by atoms with Crippen LogP contribution >= 0.6 is 23.4 Å². The first-order chi connectivity index (χ1) is 21.9. The Morgan fingerprint density at radius 3 is 2.38 bits per heavy atom. The molecule has 0 aliphatic carbocycles. The second-order valence-corrected chi connectivity index (χ2v) is 12.3. The highest BCUT2D eigenvalue weighted by Gasteiger charge is 2.43. The number of benzene rings is 4. The van der Waals surface area contributed by atoms with E-state index in [4.69, 9.17) is 17.3 Å². The molecule has 2 atom stereocenters. The second-order valence-electron chi connectivity index (χ2n) is 10.6. The number of primary amides is 1. The van der Waals surface area contributed by atoms with Crippen molar-refractivity contribution in [3.63, 3.8) is 0 Å². The minimum atomic E-state index is -0.690. The lowest BCUT2D eigenvalue weighted by Gasteiger charge is -2.26. The molecular weight excluding hydrogens is 604 g/mol. The molecule has 0 bridgehead atoms. The van der Waals surface area contributed by atoms with Gasteiger partial charge in [0.05, 0.1) is 21.5 Å². The number of hydrogen-bond acceptors (Lipinski definition) is 4. The smallest absolute Gasteiger partial charge is 0.250 e. The van der Waals surface area contributed by atoms with Gasteiger partial charge in [-0.05, 0) is 60.0 Å². The van der Waals surface area contributed by atoms with Crippen molar-refractivity contribution in [2.45, 2.75) is 23.5 Å². The van der Waals surface area contributed by atoms with Crippen molar-refractivity contribution in [1.29, 1.82) is 0 Å². The number of carbonyl (C=O) groups is 3. The maximum atomic E-state index is 13.9. The number of thioether (sulfide) groups is 1. The number of nitrogens with two attached hydrogens (primary N) is 1. The molecule has 45 heavy (non-hydrogen) atoms. The zero-order chi connectivity index (χ0) is 31.3. The number of fused-ring (bicyclic) bond motifs is 1. The Balaban J connectivity index is 1.21. The first-order valence-corrected chi connectivity index (χ1v) is 15.8. The largest absolute Gasteiger partial charge is 0.366 e. The number of halogens is 1. The Morgan fingerprint density at radius 2 is 1.62 bits per heavy atom. The van der Waals surface area contributed by atoms with Crippen LogP contribution in [-0.4, -0.2) is 34.5 Å². The number of carbonyl (C=O) groups excluding carboxylic acids is 3. The van der Waals surface area contributed by atoms with Crippen molar-refractivity contribution in [3.05, 3.63) is 136 Å². The van der Waals surface area contributed by atoms with Crippen LogP contribution in [0.5, 0.6) is 0 Å². The van der Waals surface area contributed by atoms with Gasteiger partial charge in [-0.2, -0.15) is 0 Å². The first kappa shape index (κ1) is 30.1. The zero-order valence-corrected chi connectivity index (χ0v) is 25.7. The summed E-state index contributed by atoms with van der Waals surface area (Å²) in [5.74, 6) is 5.14. The molecule has 1 saturated heterocycles. The van der Waals surface area contributed by atoms with Crippen LogP contribution in [0.1, 0.15) is 44.4 Å². The Labute approximate surface area is 270 Å². The number of H-pyrrole nitrogens is 1. The highest BCUT2D eigenvalue weighted by atomic mass is 35.5. The van der Waals surface area contributed by atoms with Crippen LogP contribution in [0.15, 0.2) is 103 Å². The number of nitrogens with one attached hydrogen (secondary N) is 2. The number of aromatic amines is 1. The molecular formula is C36H29ClN4O3S. The molecule has 7 nitrogen and oxygen atoms in total. The minimum Gasteiger partial charge on any atom is -0.366 e. The standard InChI is InChI=1S/C36H29ClN4O3S/c37-33-28(34(38)43)10-6-12-30(33)41-35(44)31(21-32(42)39-20-19-26-22-40-29-11-5-4-9-27(26)29)45-36(41)25-17-15-24(16-18-25)14-13-23-7-2-1-3-8-23/h1-12,15-18,22,31,36,40H,19-21H2,(H2,38,43)(H,39,42)/t31-,36+/m1/s1. The van der Waals surface area contributed by atoms with Crippen LogP contribution in [0.3, 0.4) is 0 Å². The fraction of sp³-hybridized carbons (Fsp3) is 0.139. The van der Waals surface area contributed by atoms with Gasteiger partial charge in [0.2, 0.25) is 17.7 Å². The number of amides is 3. The molecule has 3 amide bonds. The van der Waals surface area contributed by atoms with Gasteiger partial charge in [0, 0.05) is 41.2 Å². The van der Waals surface area contributed by atoms with E-state index >= 15 is 0 Å². The molecule has 0 radical (unpaired) electrons. The number of hydrogen-bond donors (Lipinski definition) is 3. The lowest BCUT2D eigenvalue weighted by Crippen LogP contribution is -2.35. The fourth-order valence-corrected chi connectivity index (χ4v) is 7.11. The van der Waals surface area contributed by atoms with Gasteiger partial charge >= 0.3 is 0 Å². The van der Waals surface area contributed by atoms with E-state index in [0.717, 1.165) is 33.2 Å². The summed E-state index contributed by atoms with van der Waals surface area (Å²) >= 11 is 8.01. The van der Waals surface area contributed by atoms with E-state index in [0.29, 0.717) is 18.7 Å². The van der Waals surface area contributed by atoms with Gasteiger partial charge in [-0.1, -0.05) is 78.0 Å². The highest BCUT2D eigenvalue weighted by molar-refractivity contribution is 8.01. The van der Waals surface area contributed by atoms with E-state index in [1.807, 2.05) is 85.1 Å². The van der Waals surface area contributed by atoms with Gasteiger partial charge in [0.1, 0.15) is 5.37 Å². The lowest BCUT2D eigenvalue weighted by molar-refractivity contribution is -0.124. The Kier molecular flexibility index (Phi) is 8.92. The molecule has 5 aromatic rings. The third-order valence-electron chi connectivity index (χ3n) is 7.63. The summed E-state index contributed by atoms with van der Waals surface area (Å²) in [5.41, 5.74) is 10.8. The predicted octanol–water partition coefficient (Wildman–Crippen LogP) is 6.22. The van der Waals surface area contributed by atoms with Gasteiger partial charge in [0.15, 0.2) is 0 Å². The summed E-state index contributed by atoms with van der Waals surface area (Å²) < 4.78 is 0. The SMILES string of the molecule is NC(=O)c1cccc(N2C(=O)[C@@H](CC(=O)NCCc3c[nH]c4ccccc34)S[C@H]2c2ccc(C#Cc3ccccc3)cc2)c1Cl. The highest BCUT2D eigenvalue weighted by Crippen LogP contribution is 2.48. The average molecular weight is 633 g/mol. The van der Waals surface area contributed by atoms with E-state index in [-0.39, 0.29) is 28.8 Å². The summed E-state index contributed by atoms with van der Waals surface area (Å²) in [4.78, 5) is 43.8. The van der Waals surface area contributed by atoms with Gasteiger partial charge < -0.3 is 16.0 Å². The van der Waals surface area contributed by atoms with Gasteiger partial charge in [0.25, 0.3) is 0 Å². The van der Waals surface area contributed by atoms with Crippen molar-refractivity contribution in [2.75, 3.05) is 11.4 Å². The van der Waals surface area contributed by atoms with Gasteiger partial charge in [-0.15, -0.1) is 11.8 Å². The number of anilines is 1. The van der Waals surface area contributed by atoms with Crippen molar-refractivity contribution < 1.29 is 14.4 Å². The minimum absolute atomic E-state index is 0.00184. The number of para-hydroxylation sites is 1. The number of aromatic nitrogens is 1. The average Bonchev–Trinajstić information content (AvgIpc) is 3.61. The molecule has 224 valence electrons. The van der Waals surface area contributed by atoms with Crippen LogP contribution in [-0.2, 0) is 16.0 Å². The van der Waals surface area contributed by atoms with Crippen molar-refractivity contribution in [1.82, 2.24) is 10.3 Å². The van der Waals surface area contributed by atoms with E-state index in [9.17, 15) is 14.4 Å². The van der Waals surface area contributed by atoms with Crippen LogP contribution in [0, 0.1) is 11.8 Å². The molecule has 2 heterocycles. The van der Waals surface area contributed by atoms with Crippen LogP contribution in [0.25, 0.3) is 10.9 Å². The molecule has 1 fully saturated rings. The third kappa shape index (κ3) is 6.60.